The molecule has 0 spiro atoms. The molecule has 11 heavy (non-hydrogen) atoms. The lowest BCUT2D eigenvalue weighted by Gasteiger charge is -2.02. The molecule has 2 rings (SSSR count). The molecule has 0 unspecified atom stereocenters. The van der Waals surface area contributed by atoms with Crippen LogP contribution in [0.3, 0.4) is 0 Å². The fraction of sp³-hybridized carbons (Fsp3) is 0.333. The summed E-state index contributed by atoms with van der Waals surface area (Å²) in [7, 11) is 0. The lowest BCUT2D eigenvalue weighted by Crippen LogP contribution is -1.99. The van der Waals surface area contributed by atoms with E-state index in [9.17, 15) is 0 Å². The lowest BCUT2D eigenvalue weighted by molar-refractivity contribution is 0.357. The van der Waals surface area contributed by atoms with E-state index >= 15 is 0 Å². The third-order valence-corrected chi connectivity index (χ3v) is 2.06. The number of ether oxygens (including phenoxy) is 1. The second kappa shape index (κ2) is 2.55. The summed E-state index contributed by atoms with van der Waals surface area (Å²) in [6.45, 7) is 1.43. The third kappa shape index (κ3) is 0.994. The van der Waals surface area contributed by atoms with Gasteiger partial charge >= 0.3 is 0 Å². The van der Waals surface area contributed by atoms with Gasteiger partial charge in [0.15, 0.2) is 0 Å². The van der Waals surface area contributed by atoms with E-state index in [2.05, 4.69) is 6.07 Å². The van der Waals surface area contributed by atoms with E-state index in [0.717, 1.165) is 18.8 Å². The maximum absolute atomic E-state index is 5.57. The predicted octanol–water partition coefficient (Wildman–Crippen LogP) is 1.08. The number of fused-ring (bicyclic) bond motifs is 1. The van der Waals surface area contributed by atoms with Crippen molar-refractivity contribution in [3.63, 3.8) is 0 Å². The van der Waals surface area contributed by atoms with Gasteiger partial charge in [0.2, 0.25) is 0 Å². The highest BCUT2D eigenvalue weighted by Gasteiger charge is 2.13. The number of hydrogen-bond donors (Lipinski definition) is 1. The molecule has 0 aliphatic carbocycles. The van der Waals surface area contributed by atoms with Gasteiger partial charge in [-0.2, -0.15) is 0 Å². The summed E-state index contributed by atoms with van der Waals surface area (Å²) in [5.74, 6) is 1.02. The summed E-state index contributed by atoms with van der Waals surface area (Å²) in [6.07, 6.45) is 1.02. The van der Waals surface area contributed by atoms with Crippen LogP contribution in [0.1, 0.15) is 11.1 Å². The SMILES string of the molecule is NCc1cccc2c1CCO2. The molecule has 0 atom stereocenters. The van der Waals surface area contributed by atoms with Crippen molar-refractivity contribution in [3.8, 4) is 5.75 Å². The maximum atomic E-state index is 5.57. The van der Waals surface area contributed by atoms with Gasteiger partial charge in [0.1, 0.15) is 5.75 Å². The molecule has 0 aromatic heterocycles. The largest absolute Gasteiger partial charge is 0.493 e. The molecule has 0 fully saturated rings. The van der Waals surface area contributed by atoms with E-state index in [4.69, 9.17) is 10.5 Å². The molecule has 1 aromatic carbocycles. The Labute approximate surface area is 66.0 Å². The van der Waals surface area contributed by atoms with Crippen LogP contribution in [0.15, 0.2) is 18.2 Å². The van der Waals surface area contributed by atoms with Crippen LogP contribution in [-0.4, -0.2) is 6.61 Å². The highest BCUT2D eigenvalue weighted by molar-refractivity contribution is 5.42. The van der Waals surface area contributed by atoms with Gasteiger partial charge in [-0.25, -0.2) is 0 Å². The molecule has 1 aromatic rings. The fourth-order valence-corrected chi connectivity index (χ4v) is 1.48. The van der Waals surface area contributed by atoms with Crippen molar-refractivity contribution in [2.24, 2.45) is 5.73 Å². The Morgan fingerprint density at radius 3 is 3.18 bits per heavy atom. The standard InChI is InChI=1S/C9H11NO/c10-6-7-2-1-3-9-8(7)4-5-11-9/h1-3H,4-6,10H2. The van der Waals surface area contributed by atoms with Crippen molar-refractivity contribution in [1.29, 1.82) is 0 Å². The molecule has 2 heteroatoms. The summed E-state index contributed by atoms with van der Waals surface area (Å²) < 4.78 is 5.39. The molecule has 0 saturated heterocycles. The van der Waals surface area contributed by atoms with Crippen LogP contribution >= 0.6 is 0 Å². The minimum absolute atomic E-state index is 0.618. The van der Waals surface area contributed by atoms with Crippen LogP contribution in [0.5, 0.6) is 5.75 Å². The Bertz CT molecular complexity index is 270. The first-order valence-corrected chi connectivity index (χ1v) is 3.85. The average Bonchev–Trinajstić information content (AvgIpc) is 2.50. The number of nitrogens with two attached hydrogens (primary N) is 1. The van der Waals surface area contributed by atoms with Crippen molar-refractivity contribution < 1.29 is 4.74 Å². The maximum Gasteiger partial charge on any atom is 0.122 e. The summed E-state index contributed by atoms with van der Waals surface area (Å²) in [6, 6.07) is 6.06. The lowest BCUT2D eigenvalue weighted by atomic mass is 10.1. The zero-order valence-corrected chi connectivity index (χ0v) is 6.34. The number of hydrogen-bond acceptors (Lipinski definition) is 2. The quantitative estimate of drug-likeness (QED) is 0.648. The minimum Gasteiger partial charge on any atom is -0.493 e. The fourth-order valence-electron chi connectivity index (χ4n) is 1.48. The third-order valence-electron chi connectivity index (χ3n) is 2.06. The van der Waals surface area contributed by atoms with E-state index in [1.165, 1.54) is 11.1 Å². The number of benzene rings is 1. The van der Waals surface area contributed by atoms with Crippen molar-refractivity contribution in [2.45, 2.75) is 13.0 Å². The van der Waals surface area contributed by atoms with E-state index < -0.39 is 0 Å². The van der Waals surface area contributed by atoms with E-state index in [-0.39, 0.29) is 0 Å². The van der Waals surface area contributed by atoms with Crippen LogP contribution in [0, 0.1) is 0 Å². The average molecular weight is 149 g/mol. The van der Waals surface area contributed by atoms with Crippen molar-refractivity contribution in [1.82, 2.24) is 0 Å². The van der Waals surface area contributed by atoms with Crippen molar-refractivity contribution >= 4 is 0 Å². The van der Waals surface area contributed by atoms with Gasteiger partial charge in [0, 0.05) is 18.5 Å². The summed E-state index contributed by atoms with van der Waals surface area (Å²) in [5, 5.41) is 0. The van der Waals surface area contributed by atoms with Crippen molar-refractivity contribution in [3.05, 3.63) is 29.3 Å². The molecule has 1 aliphatic heterocycles. The smallest absolute Gasteiger partial charge is 0.122 e. The zero-order valence-electron chi connectivity index (χ0n) is 6.34. The molecule has 0 radical (unpaired) electrons. The van der Waals surface area contributed by atoms with Gasteiger partial charge in [-0.3, -0.25) is 0 Å². The Morgan fingerprint density at radius 2 is 2.36 bits per heavy atom. The van der Waals surface area contributed by atoms with Crippen LogP contribution in [-0.2, 0) is 13.0 Å². The first-order chi connectivity index (χ1) is 5.42. The van der Waals surface area contributed by atoms with Gasteiger partial charge in [-0.15, -0.1) is 0 Å². The molecule has 0 saturated carbocycles. The monoisotopic (exact) mass is 149 g/mol. The van der Waals surface area contributed by atoms with Crippen LogP contribution in [0.25, 0.3) is 0 Å². The first kappa shape index (κ1) is 6.68. The first-order valence-electron chi connectivity index (χ1n) is 3.85. The Balaban J connectivity index is 2.50. The molecule has 58 valence electrons. The molecule has 2 N–H and O–H groups in total. The zero-order chi connectivity index (χ0) is 7.68. The summed E-state index contributed by atoms with van der Waals surface area (Å²) in [4.78, 5) is 0. The van der Waals surface area contributed by atoms with Crippen molar-refractivity contribution in [2.75, 3.05) is 6.61 Å². The molecule has 0 bridgehead atoms. The highest BCUT2D eigenvalue weighted by Crippen LogP contribution is 2.27. The molecular formula is C9H11NO. The normalized spacial score (nSPS) is 14.3. The van der Waals surface area contributed by atoms with Crippen LogP contribution in [0.2, 0.25) is 0 Å². The van der Waals surface area contributed by atoms with Gasteiger partial charge in [-0.05, 0) is 11.6 Å². The van der Waals surface area contributed by atoms with Crippen LogP contribution in [0.4, 0.5) is 0 Å². The van der Waals surface area contributed by atoms with Gasteiger partial charge in [0.05, 0.1) is 6.61 Å². The molecule has 1 heterocycles. The number of rotatable bonds is 1. The van der Waals surface area contributed by atoms with E-state index in [1.807, 2.05) is 12.1 Å². The van der Waals surface area contributed by atoms with Gasteiger partial charge in [-0.1, -0.05) is 12.1 Å². The summed E-state index contributed by atoms with van der Waals surface area (Å²) >= 11 is 0. The van der Waals surface area contributed by atoms with Gasteiger partial charge in [0.25, 0.3) is 0 Å². The molecular weight excluding hydrogens is 138 g/mol. The van der Waals surface area contributed by atoms with Crippen LogP contribution < -0.4 is 10.5 Å². The Morgan fingerprint density at radius 1 is 1.45 bits per heavy atom. The second-order valence-corrected chi connectivity index (χ2v) is 2.70. The Hall–Kier alpha value is -1.02. The molecule has 2 nitrogen and oxygen atoms in total. The summed E-state index contributed by atoms with van der Waals surface area (Å²) in [5.41, 5.74) is 8.09. The van der Waals surface area contributed by atoms with E-state index in [1.54, 1.807) is 0 Å². The second-order valence-electron chi connectivity index (χ2n) is 2.70. The highest BCUT2D eigenvalue weighted by atomic mass is 16.5. The van der Waals surface area contributed by atoms with Gasteiger partial charge < -0.3 is 10.5 Å². The topological polar surface area (TPSA) is 35.2 Å². The predicted molar refractivity (Wildman–Crippen MR) is 43.5 cm³/mol. The molecule has 0 amide bonds. The minimum atomic E-state index is 0.618. The molecule has 1 aliphatic rings. The van der Waals surface area contributed by atoms with E-state index in [0.29, 0.717) is 6.54 Å². The Kier molecular flexibility index (Phi) is 1.55.